The van der Waals surface area contributed by atoms with E-state index in [2.05, 4.69) is 4.90 Å². The van der Waals surface area contributed by atoms with Gasteiger partial charge in [-0.2, -0.15) is 0 Å². The highest BCUT2D eigenvalue weighted by Gasteiger charge is 2.21. The molecule has 3 aromatic rings. The van der Waals surface area contributed by atoms with Crippen molar-refractivity contribution in [1.82, 2.24) is 9.88 Å². The van der Waals surface area contributed by atoms with Crippen molar-refractivity contribution < 1.29 is 14.3 Å². The van der Waals surface area contributed by atoms with Gasteiger partial charge >= 0.3 is 0 Å². The molecule has 7 heteroatoms. The second-order valence-electron chi connectivity index (χ2n) is 7.34. The van der Waals surface area contributed by atoms with Crippen LogP contribution in [0.1, 0.15) is 6.42 Å². The van der Waals surface area contributed by atoms with Crippen LogP contribution in [0.4, 0.5) is 5.13 Å². The molecule has 31 heavy (non-hydrogen) atoms. The summed E-state index contributed by atoms with van der Waals surface area (Å²) in [5.41, 5.74) is 1.93. The summed E-state index contributed by atoms with van der Waals surface area (Å²) in [6, 6.07) is 19.5. The fraction of sp³-hybridized carbons (Fsp3) is 0.333. The maximum absolute atomic E-state index is 13.1. The second kappa shape index (κ2) is 11.0. The van der Waals surface area contributed by atoms with Gasteiger partial charge in [0.15, 0.2) is 11.7 Å². The Balaban J connectivity index is 1.43. The van der Waals surface area contributed by atoms with Crippen LogP contribution >= 0.6 is 11.3 Å². The van der Waals surface area contributed by atoms with E-state index in [0.29, 0.717) is 17.4 Å². The fourth-order valence-corrected chi connectivity index (χ4v) is 4.35. The van der Waals surface area contributed by atoms with Gasteiger partial charge in [-0.15, -0.1) is 11.3 Å². The molecule has 0 bridgehead atoms. The standard InChI is InChI=1S/C24H27N3O3S/c28-23(18-30-21-10-5-2-6-11-21)27(13-7-12-26-14-16-29-17-15-26)24-25-22(19-31-24)20-8-3-1-4-9-20/h1-6,8-11,19H,7,12-18H2. The predicted molar refractivity (Wildman–Crippen MR) is 124 cm³/mol. The molecule has 0 radical (unpaired) electrons. The number of thiazole rings is 1. The van der Waals surface area contributed by atoms with Crippen LogP contribution in [-0.4, -0.2) is 61.8 Å². The number of carbonyl (C=O) groups is 1. The molecule has 0 spiro atoms. The Labute approximate surface area is 187 Å². The van der Waals surface area contributed by atoms with Crippen molar-refractivity contribution in [2.75, 3.05) is 50.9 Å². The average Bonchev–Trinajstić information content (AvgIpc) is 3.32. The number of aromatic nitrogens is 1. The summed E-state index contributed by atoms with van der Waals surface area (Å²) < 4.78 is 11.1. The van der Waals surface area contributed by atoms with Crippen LogP contribution in [0.15, 0.2) is 66.0 Å². The zero-order valence-corrected chi connectivity index (χ0v) is 18.3. The number of hydrogen-bond acceptors (Lipinski definition) is 6. The highest BCUT2D eigenvalue weighted by molar-refractivity contribution is 7.14. The Morgan fingerprint density at radius 3 is 2.52 bits per heavy atom. The SMILES string of the molecule is O=C(COc1ccccc1)N(CCCN1CCOCC1)c1nc(-c2ccccc2)cs1. The van der Waals surface area contributed by atoms with Crippen LogP contribution in [0.25, 0.3) is 11.3 Å². The van der Waals surface area contributed by atoms with E-state index in [4.69, 9.17) is 14.5 Å². The van der Waals surface area contributed by atoms with Gasteiger partial charge < -0.3 is 9.47 Å². The average molecular weight is 438 g/mol. The summed E-state index contributed by atoms with van der Waals surface area (Å²) in [5, 5.41) is 2.72. The lowest BCUT2D eigenvalue weighted by atomic mass is 10.2. The van der Waals surface area contributed by atoms with Gasteiger partial charge in [-0.05, 0) is 18.6 Å². The van der Waals surface area contributed by atoms with Gasteiger partial charge in [0, 0.05) is 37.1 Å². The number of amides is 1. The monoisotopic (exact) mass is 437 g/mol. The van der Waals surface area contributed by atoms with Gasteiger partial charge in [0.1, 0.15) is 5.75 Å². The third-order valence-electron chi connectivity index (χ3n) is 5.16. The number of benzene rings is 2. The minimum atomic E-state index is -0.0835. The first-order valence-corrected chi connectivity index (χ1v) is 11.5. The second-order valence-corrected chi connectivity index (χ2v) is 8.17. The number of para-hydroxylation sites is 1. The highest BCUT2D eigenvalue weighted by atomic mass is 32.1. The van der Waals surface area contributed by atoms with Crippen molar-refractivity contribution in [2.45, 2.75) is 6.42 Å². The molecular weight excluding hydrogens is 410 g/mol. The molecule has 0 aliphatic carbocycles. The molecule has 0 N–H and O–H groups in total. The van der Waals surface area contributed by atoms with Crippen LogP contribution in [0.5, 0.6) is 5.75 Å². The van der Waals surface area contributed by atoms with Gasteiger partial charge in [0.05, 0.1) is 18.9 Å². The van der Waals surface area contributed by atoms with Gasteiger partial charge in [0.25, 0.3) is 5.91 Å². The lowest BCUT2D eigenvalue weighted by Gasteiger charge is -2.27. The normalized spacial score (nSPS) is 14.3. The Kier molecular flexibility index (Phi) is 7.65. The maximum Gasteiger partial charge on any atom is 0.266 e. The van der Waals surface area contributed by atoms with Crippen molar-refractivity contribution in [3.63, 3.8) is 0 Å². The first-order chi connectivity index (χ1) is 15.3. The number of carbonyl (C=O) groups excluding carboxylic acids is 1. The minimum Gasteiger partial charge on any atom is -0.484 e. The van der Waals surface area contributed by atoms with Crippen molar-refractivity contribution in [3.05, 3.63) is 66.0 Å². The van der Waals surface area contributed by atoms with Crippen LogP contribution in [0, 0.1) is 0 Å². The number of hydrogen-bond donors (Lipinski definition) is 0. The number of ether oxygens (including phenoxy) is 2. The van der Waals surface area contributed by atoms with Gasteiger partial charge in [-0.25, -0.2) is 4.98 Å². The highest BCUT2D eigenvalue weighted by Crippen LogP contribution is 2.28. The van der Waals surface area contributed by atoms with Crippen molar-refractivity contribution in [2.24, 2.45) is 0 Å². The summed E-state index contributed by atoms with van der Waals surface area (Å²) in [4.78, 5) is 22.0. The fourth-order valence-electron chi connectivity index (χ4n) is 3.47. The van der Waals surface area contributed by atoms with E-state index in [1.54, 1.807) is 4.90 Å². The quantitative estimate of drug-likeness (QED) is 0.508. The van der Waals surface area contributed by atoms with Crippen LogP contribution in [0.2, 0.25) is 0 Å². The molecule has 0 saturated carbocycles. The largest absolute Gasteiger partial charge is 0.484 e. The number of nitrogens with zero attached hydrogens (tertiary/aromatic N) is 3. The third-order valence-corrected chi connectivity index (χ3v) is 6.02. The Hall–Kier alpha value is -2.74. The molecule has 2 aromatic carbocycles. The molecule has 0 unspecified atom stereocenters. The molecule has 162 valence electrons. The van der Waals surface area contributed by atoms with Crippen molar-refractivity contribution in [3.8, 4) is 17.0 Å². The van der Waals surface area contributed by atoms with Crippen LogP contribution < -0.4 is 9.64 Å². The number of rotatable bonds is 9. The molecular formula is C24H27N3O3S. The van der Waals surface area contributed by atoms with Crippen LogP contribution in [0.3, 0.4) is 0 Å². The molecule has 1 aromatic heterocycles. The zero-order valence-electron chi connectivity index (χ0n) is 17.5. The minimum absolute atomic E-state index is 0.0121. The molecule has 1 amide bonds. The lowest BCUT2D eigenvalue weighted by Crippen LogP contribution is -2.40. The Morgan fingerprint density at radius 1 is 1.06 bits per heavy atom. The van der Waals surface area contributed by atoms with E-state index >= 15 is 0 Å². The van der Waals surface area contributed by atoms with Crippen molar-refractivity contribution >= 4 is 22.4 Å². The van der Waals surface area contributed by atoms with E-state index in [0.717, 1.165) is 50.5 Å². The molecule has 2 heterocycles. The van der Waals surface area contributed by atoms with E-state index < -0.39 is 0 Å². The van der Waals surface area contributed by atoms with Gasteiger partial charge in [-0.1, -0.05) is 48.5 Å². The first kappa shape index (κ1) is 21.5. The van der Waals surface area contributed by atoms with Crippen LogP contribution in [-0.2, 0) is 9.53 Å². The Bertz CT molecular complexity index is 943. The van der Waals surface area contributed by atoms with Crippen molar-refractivity contribution in [1.29, 1.82) is 0 Å². The summed E-state index contributed by atoms with van der Waals surface area (Å²) in [5.74, 6) is 0.605. The summed E-state index contributed by atoms with van der Waals surface area (Å²) >= 11 is 1.49. The molecule has 4 rings (SSSR count). The Morgan fingerprint density at radius 2 is 1.77 bits per heavy atom. The molecule has 1 aliphatic heterocycles. The molecule has 1 fully saturated rings. The predicted octanol–water partition coefficient (Wildman–Crippen LogP) is 3.94. The van der Waals surface area contributed by atoms with Gasteiger partial charge in [-0.3, -0.25) is 14.6 Å². The molecule has 0 atom stereocenters. The summed E-state index contributed by atoms with van der Waals surface area (Å²) in [7, 11) is 0. The topological polar surface area (TPSA) is 54.9 Å². The van der Waals surface area contributed by atoms with E-state index in [9.17, 15) is 4.79 Å². The maximum atomic E-state index is 13.1. The molecule has 6 nitrogen and oxygen atoms in total. The summed E-state index contributed by atoms with van der Waals surface area (Å²) in [6.07, 6.45) is 0.872. The zero-order chi connectivity index (χ0) is 21.3. The molecule has 1 aliphatic rings. The molecule has 1 saturated heterocycles. The lowest BCUT2D eigenvalue weighted by molar-refractivity contribution is -0.120. The van der Waals surface area contributed by atoms with E-state index in [-0.39, 0.29) is 12.5 Å². The first-order valence-electron chi connectivity index (χ1n) is 10.6. The smallest absolute Gasteiger partial charge is 0.266 e. The third kappa shape index (κ3) is 6.13. The van der Waals surface area contributed by atoms with E-state index in [1.807, 2.05) is 66.0 Å². The number of anilines is 1. The number of morpholine rings is 1. The van der Waals surface area contributed by atoms with Gasteiger partial charge in [0.2, 0.25) is 0 Å². The summed E-state index contributed by atoms with van der Waals surface area (Å²) in [6.45, 7) is 4.98. The van der Waals surface area contributed by atoms with E-state index in [1.165, 1.54) is 11.3 Å².